The molecule has 3 rings (SSSR count). The number of amides is 2. The minimum atomic E-state index is -0.412. The van der Waals surface area contributed by atoms with E-state index in [0.29, 0.717) is 17.3 Å². The summed E-state index contributed by atoms with van der Waals surface area (Å²) in [6.45, 7) is 4.26. The third kappa shape index (κ3) is 4.17. The number of anilines is 2. The summed E-state index contributed by atoms with van der Waals surface area (Å²) in [5.74, 6) is 0.0734. The zero-order valence-electron chi connectivity index (χ0n) is 14.7. The first kappa shape index (κ1) is 18.3. The van der Waals surface area contributed by atoms with Crippen LogP contribution in [0, 0.1) is 5.92 Å². The molecule has 0 bridgehead atoms. The van der Waals surface area contributed by atoms with Crippen molar-refractivity contribution in [3.63, 3.8) is 0 Å². The molecule has 1 saturated heterocycles. The van der Waals surface area contributed by atoms with Gasteiger partial charge in [-0.05, 0) is 50.2 Å². The lowest BCUT2D eigenvalue weighted by Gasteiger charge is -2.18. The van der Waals surface area contributed by atoms with Gasteiger partial charge in [0.05, 0.1) is 22.7 Å². The summed E-state index contributed by atoms with van der Waals surface area (Å²) in [6, 6.07) is 14.4. The van der Waals surface area contributed by atoms with E-state index < -0.39 is 5.92 Å². The van der Waals surface area contributed by atoms with Crippen LogP contribution in [0.1, 0.15) is 20.3 Å². The Morgan fingerprint density at radius 3 is 2.54 bits per heavy atom. The van der Waals surface area contributed by atoms with Crippen molar-refractivity contribution in [3.8, 4) is 5.75 Å². The molecular weight excluding hydrogens is 352 g/mol. The SMILES string of the molecule is CC(C)Oc1ccc(N2C[C@@H](C(=O)Nc3ccccc3Cl)CC2=O)cc1. The second-order valence-corrected chi connectivity index (χ2v) is 6.94. The van der Waals surface area contributed by atoms with Gasteiger partial charge in [0, 0.05) is 18.7 Å². The molecule has 1 heterocycles. The molecule has 0 saturated carbocycles. The number of carbonyl (C=O) groups is 2. The van der Waals surface area contributed by atoms with Gasteiger partial charge >= 0.3 is 0 Å². The van der Waals surface area contributed by atoms with Crippen LogP contribution in [0.3, 0.4) is 0 Å². The second-order valence-electron chi connectivity index (χ2n) is 6.53. The first-order valence-electron chi connectivity index (χ1n) is 8.56. The van der Waals surface area contributed by atoms with Gasteiger partial charge in [-0.3, -0.25) is 9.59 Å². The van der Waals surface area contributed by atoms with Crippen LogP contribution in [-0.2, 0) is 9.59 Å². The van der Waals surface area contributed by atoms with Crippen LogP contribution in [-0.4, -0.2) is 24.5 Å². The summed E-state index contributed by atoms with van der Waals surface area (Å²) in [5, 5.41) is 3.28. The van der Waals surface area contributed by atoms with Crippen molar-refractivity contribution in [1.29, 1.82) is 0 Å². The fraction of sp³-hybridized carbons (Fsp3) is 0.300. The average molecular weight is 373 g/mol. The van der Waals surface area contributed by atoms with Crippen molar-refractivity contribution in [3.05, 3.63) is 53.6 Å². The summed E-state index contributed by atoms with van der Waals surface area (Å²) in [4.78, 5) is 26.5. The van der Waals surface area contributed by atoms with Crippen LogP contribution in [0.25, 0.3) is 0 Å². The van der Waals surface area contributed by atoms with E-state index in [0.717, 1.165) is 11.4 Å². The Labute approximate surface area is 157 Å². The third-order valence-electron chi connectivity index (χ3n) is 4.15. The fourth-order valence-electron chi connectivity index (χ4n) is 2.91. The number of hydrogen-bond donors (Lipinski definition) is 1. The van der Waals surface area contributed by atoms with Gasteiger partial charge in [-0.15, -0.1) is 0 Å². The number of benzene rings is 2. The molecule has 1 N–H and O–H groups in total. The van der Waals surface area contributed by atoms with E-state index in [4.69, 9.17) is 16.3 Å². The maximum Gasteiger partial charge on any atom is 0.229 e. The van der Waals surface area contributed by atoms with E-state index in [-0.39, 0.29) is 24.3 Å². The molecule has 5 nitrogen and oxygen atoms in total. The summed E-state index contributed by atoms with van der Waals surface area (Å²) in [6.07, 6.45) is 0.271. The highest BCUT2D eigenvalue weighted by Crippen LogP contribution is 2.29. The van der Waals surface area contributed by atoms with Gasteiger partial charge in [0.1, 0.15) is 5.75 Å². The Bertz CT molecular complexity index is 805. The van der Waals surface area contributed by atoms with Crippen LogP contribution in [0.15, 0.2) is 48.5 Å². The predicted molar refractivity (Wildman–Crippen MR) is 103 cm³/mol. The molecule has 26 heavy (non-hydrogen) atoms. The molecule has 2 aromatic rings. The zero-order valence-corrected chi connectivity index (χ0v) is 15.5. The number of para-hydroxylation sites is 1. The molecule has 136 valence electrons. The smallest absolute Gasteiger partial charge is 0.229 e. The van der Waals surface area contributed by atoms with Crippen molar-refractivity contribution in [1.82, 2.24) is 0 Å². The molecule has 2 aromatic carbocycles. The molecule has 0 aliphatic carbocycles. The van der Waals surface area contributed by atoms with Gasteiger partial charge < -0.3 is 15.0 Å². The highest BCUT2D eigenvalue weighted by Gasteiger charge is 2.35. The van der Waals surface area contributed by atoms with E-state index in [1.165, 1.54) is 0 Å². The van der Waals surface area contributed by atoms with Crippen LogP contribution in [0.5, 0.6) is 5.75 Å². The Morgan fingerprint density at radius 2 is 1.88 bits per heavy atom. The highest BCUT2D eigenvalue weighted by molar-refractivity contribution is 6.33. The van der Waals surface area contributed by atoms with E-state index in [9.17, 15) is 9.59 Å². The first-order chi connectivity index (χ1) is 12.4. The largest absolute Gasteiger partial charge is 0.491 e. The average Bonchev–Trinajstić information content (AvgIpc) is 2.99. The molecule has 0 spiro atoms. The summed E-state index contributed by atoms with van der Waals surface area (Å²) >= 11 is 6.08. The van der Waals surface area contributed by atoms with Crippen molar-refractivity contribution in [2.75, 3.05) is 16.8 Å². The van der Waals surface area contributed by atoms with Crippen molar-refractivity contribution >= 4 is 34.8 Å². The number of halogens is 1. The highest BCUT2D eigenvalue weighted by atomic mass is 35.5. The van der Waals surface area contributed by atoms with E-state index >= 15 is 0 Å². The number of nitrogens with one attached hydrogen (secondary N) is 1. The Balaban J connectivity index is 1.66. The normalized spacial score (nSPS) is 16.8. The Hall–Kier alpha value is -2.53. The molecule has 2 amide bonds. The van der Waals surface area contributed by atoms with Gasteiger partial charge in [0.25, 0.3) is 0 Å². The van der Waals surface area contributed by atoms with Crippen molar-refractivity contribution in [2.45, 2.75) is 26.4 Å². The van der Waals surface area contributed by atoms with Gasteiger partial charge in [-0.25, -0.2) is 0 Å². The minimum absolute atomic E-state index is 0.0677. The number of ether oxygens (including phenoxy) is 1. The van der Waals surface area contributed by atoms with E-state index in [2.05, 4.69) is 5.32 Å². The maximum atomic E-state index is 12.5. The number of nitrogens with zero attached hydrogens (tertiary/aromatic N) is 1. The fourth-order valence-corrected chi connectivity index (χ4v) is 3.09. The quantitative estimate of drug-likeness (QED) is 0.858. The van der Waals surface area contributed by atoms with Gasteiger partial charge in [0.15, 0.2) is 0 Å². The number of hydrogen-bond acceptors (Lipinski definition) is 3. The van der Waals surface area contributed by atoms with Gasteiger partial charge in [-0.1, -0.05) is 23.7 Å². The standard InChI is InChI=1S/C20H21ClN2O3/c1-13(2)26-16-9-7-15(8-10-16)23-12-14(11-19(23)24)20(25)22-18-6-4-3-5-17(18)21/h3-10,13-14H,11-12H2,1-2H3,(H,22,25)/t14-/m0/s1. The molecule has 0 aromatic heterocycles. The molecule has 0 unspecified atom stereocenters. The van der Waals surface area contributed by atoms with Crippen LogP contribution < -0.4 is 15.0 Å². The Morgan fingerprint density at radius 1 is 1.19 bits per heavy atom. The van der Waals surface area contributed by atoms with Crippen LogP contribution in [0.4, 0.5) is 11.4 Å². The maximum absolute atomic E-state index is 12.5. The van der Waals surface area contributed by atoms with Crippen LogP contribution in [0.2, 0.25) is 5.02 Å². The monoisotopic (exact) mass is 372 g/mol. The van der Waals surface area contributed by atoms with E-state index in [1.807, 2.05) is 38.1 Å². The van der Waals surface area contributed by atoms with E-state index in [1.54, 1.807) is 29.2 Å². The zero-order chi connectivity index (χ0) is 18.7. The Kier molecular flexibility index (Phi) is 5.47. The third-order valence-corrected chi connectivity index (χ3v) is 4.48. The molecule has 1 aliphatic heterocycles. The second kappa shape index (κ2) is 7.79. The number of carbonyl (C=O) groups excluding carboxylic acids is 2. The lowest BCUT2D eigenvalue weighted by molar-refractivity contribution is -0.122. The molecule has 1 fully saturated rings. The van der Waals surface area contributed by atoms with Gasteiger partial charge in [0.2, 0.25) is 11.8 Å². The van der Waals surface area contributed by atoms with Crippen molar-refractivity contribution < 1.29 is 14.3 Å². The summed E-state index contributed by atoms with van der Waals surface area (Å²) in [5.41, 5.74) is 1.32. The first-order valence-corrected chi connectivity index (χ1v) is 8.94. The van der Waals surface area contributed by atoms with Gasteiger partial charge in [-0.2, -0.15) is 0 Å². The lowest BCUT2D eigenvalue weighted by atomic mass is 10.1. The number of rotatable bonds is 5. The lowest BCUT2D eigenvalue weighted by Crippen LogP contribution is -2.28. The summed E-state index contributed by atoms with van der Waals surface area (Å²) < 4.78 is 5.62. The topological polar surface area (TPSA) is 58.6 Å². The van der Waals surface area contributed by atoms with Crippen LogP contribution >= 0.6 is 11.6 Å². The predicted octanol–water partition coefficient (Wildman–Crippen LogP) is 4.12. The molecule has 0 radical (unpaired) electrons. The molecular formula is C20H21ClN2O3. The summed E-state index contributed by atoms with van der Waals surface area (Å²) in [7, 11) is 0. The molecule has 6 heteroatoms. The minimum Gasteiger partial charge on any atom is -0.491 e. The molecule has 1 aliphatic rings. The van der Waals surface area contributed by atoms with Crippen molar-refractivity contribution in [2.24, 2.45) is 5.92 Å². The molecule has 1 atom stereocenters.